The maximum absolute atomic E-state index is 12.3. The molecule has 0 heterocycles. The van der Waals surface area contributed by atoms with E-state index in [1.54, 1.807) is 30.4 Å². The summed E-state index contributed by atoms with van der Waals surface area (Å²) in [6.07, 6.45) is 4.47. The van der Waals surface area contributed by atoms with Crippen molar-refractivity contribution < 1.29 is 19.1 Å². The first kappa shape index (κ1) is 19.7. The molecule has 1 rings (SSSR count). The second-order valence-electron chi connectivity index (χ2n) is 6.86. The minimum Gasteiger partial charge on any atom is -0.456 e. The fourth-order valence-corrected chi connectivity index (χ4v) is 2.17. The van der Waals surface area contributed by atoms with E-state index in [4.69, 9.17) is 9.47 Å². The van der Waals surface area contributed by atoms with Crippen molar-refractivity contribution in [3.63, 3.8) is 0 Å². The molecule has 1 aromatic carbocycles. The van der Waals surface area contributed by atoms with Crippen molar-refractivity contribution in [2.45, 2.75) is 51.7 Å². The molecular formula is C20H26O4. The van der Waals surface area contributed by atoms with Crippen LogP contribution in [0.2, 0.25) is 0 Å². The second-order valence-corrected chi connectivity index (χ2v) is 6.86. The van der Waals surface area contributed by atoms with Gasteiger partial charge in [-0.05, 0) is 45.9 Å². The standard InChI is InChI=1S/C20H26O4/c1-7-12-19(3,4)23-17(21)15-10-9-11-16(14-15)18(22)24-20(5,6)13-8-2/h7-11,14H,1-2,12-13H2,3-6H3. The number of ether oxygens (including phenoxy) is 2. The molecule has 0 aliphatic rings. The normalized spacial score (nSPS) is 11.5. The molecule has 0 fully saturated rings. The zero-order valence-electron chi connectivity index (χ0n) is 14.9. The van der Waals surface area contributed by atoms with Crippen LogP contribution in [0.3, 0.4) is 0 Å². The number of benzene rings is 1. The van der Waals surface area contributed by atoms with Gasteiger partial charge in [0.15, 0.2) is 0 Å². The van der Waals surface area contributed by atoms with Crippen molar-refractivity contribution >= 4 is 11.9 Å². The number of esters is 2. The summed E-state index contributed by atoms with van der Waals surface area (Å²) in [5.74, 6) is -0.969. The lowest BCUT2D eigenvalue weighted by Crippen LogP contribution is -2.28. The van der Waals surface area contributed by atoms with Crippen molar-refractivity contribution in [1.82, 2.24) is 0 Å². The Balaban J connectivity index is 2.90. The summed E-state index contributed by atoms with van der Waals surface area (Å²) in [7, 11) is 0. The van der Waals surface area contributed by atoms with Crippen LogP contribution >= 0.6 is 0 Å². The van der Waals surface area contributed by atoms with Gasteiger partial charge in [0.2, 0.25) is 0 Å². The third kappa shape index (κ3) is 6.03. The quantitative estimate of drug-likeness (QED) is 0.512. The summed E-state index contributed by atoms with van der Waals surface area (Å²) in [5.41, 5.74) is -0.686. The summed E-state index contributed by atoms with van der Waals surface area (Å²) in [4.78, 5) is 24.6. The van der Waals surface area contributed by atoms with Crippen molar-refractivity contribution in [3.8, 4) is 0 Å². The van der Waals surface area contributed by atoms with Gasteiger partial charge in [0.1, 0.15) is 11.2 Å². The molecule has 4 nitrogen and oxygen atoms in total. The van der Waals surface area contributed by atoms with Gasteiger partial charge in [0.05, 0.1) is 11.1 Å². The van der Waals surface area contributed by atoms with Crippen LogP contribution in [-0.4, -0.2) is 23.1 Å². The largest absolute Gasteiger partial charge is 0.456 e. The average molecular weight is 330 g/mol. The first-order chi connectivity index (χ1) is 11.1. The molecular weight excluding hydrogens is 304 g/mol. The van der Waals surface area contributed by atoms with Gasteiger partial charge in [0, 0.05) is 12.8 Å². The summed E-state index contributed by atoms with van der Waals surface area (Å²) in [6.45, 7) is 14.5. The van der Waals surface area contributed by atoms with Crippen LogP contribution in [0.25, 0.3) is 0 Å². The maximum Gasteiger partial charge on any atom is 0.338 e. The van der Waals surface area contributed by atoms with E-state index in [0.717, 1.165) is 0 Å². The van der Waals surface area contributed by atoms with Crippen LogP contribution in [0.1, 0.15) is 61.3 Å². The van der Waals surface area contributed by atoms with Gasteiger partial charge in [-0.1, -0.05) is 18.2 Å². The molecule has 0 N–H and O–H groups in total. The predicted molar refractivity (Wildman–Crippen MR) is 95.1 cm³/mol. The Morgan fingerprint density at radius 3 is 1.62 bits per heavy atom. The van der Waals surface area contributed by atoms with Crippen molar-refractivity contribution in [3.05, 3.63) is 60.7 Å². The lowest BCUT2D eigenvalue weighted by atomic mass is 10.0. The number of hydrogen-bond donors (Lipinski definition) is 0. The van der Waals surface area contributed by atoms with Crippen molar-refractivity contribution in [2.24, 2.45) is 0 Å². The SMILES string of the molecule is C=CCC(C)(C)OC(=O)c1cccc(C(=O)OC(C)(C)CC=C)c1. The molecule has 0 aliphatic heterocycles. The first-order valence-corrected chi connectivity index (χ1v) is 7.89. The molecule has 0 saturated carbocycles. The number of hydrogen-bond acceptors (Lipinski definition) is 4. The van der Waals surface area contributed by atoms with E-state index in [-0.39, 0.29) is 0 Å². The van der Waals surface area contributed by atoms with E-state index in [0.29, 0.717) is 24.0 Å². The highest BCUT2D eigenvalue weighted by molar-refractivity contribution is 5.95. The van der Waals surface area contributed by atoms with Crippen LogP contribution in [0.5, 0.6) is 0 Å². The van der Waals surface area contributed by atoms with E-state index in [1.807, 2.05) is 27.7 Å². The second kappa shape index (κ2) is 7.95. The van der Waals surface area contributed by atoms with Crippen molar-refractivity contribution in [1.29, 1.82) is 0 Å². The molecule has 1 aromatic rings. The van der Waals surface area contributed by atoms with Crippen LogP contribution < -0.4 is 0 Å². The monoisotopic (exact) mass is 330 g/mol. The summed E-state index contributed by atoms with van der Waals surface area (Å²) in [5, 5.41) is 0. The Bertz CT molecular complexity index is 575. The van der Waals surface area contributed by atoms with Crippen LogP contribution in [0, 0.1) is 0 Å². The highest BCUT2D eigenvalue weighted by atomic mass is 16.6. The Morgan fingerprint density at radius 2 is 1.29 bits per heavy atom. The maximum atomic E-state index is 12.3. The minimum atomic E-state index is -0.651. The molecule has 0 radical (unpaired) electrons. The minimum absolute atomic E-state index is 0.308. The van der Waals surface area contributed by atoms with Gasteiger partial charge >= 0.3 is 11.9 Å². The fourth-order valence-electron chi connectivity index (χ4n) is 2.17. The molecule has 0 amide bonds. The lowest BCUT2D eigenvalue weighted by molar-refractivity contribution is 0.000310. The molecule has 0 aromatic heterocycles. The zero-order chi connectivity index (χ0) is 18.4. The van der Waals surface area contributed by atoms with E-state index in [1.165, 1.54) is 6.07 Å². The zero-order valence-corrected chi connectivity index (χ0v) is 14.9. The first-order valence-electron chi connectivity index (χ1n) is 7.89. The Hall–Kier alpha value is -2.36. The van der Waals surface area contributed by atoms with Crippen molar-refractivity contribution in [2.75, 3.05) is 0 Å². The number of carbonyl (C=O) groups excluding carboxylic acids is 2. The van der Waals surface area contributed by atoms with E-state index >= 15 is 0 Å². The Labute approximate surface area is 144 Å². The molecule has 0 spiro atoms. The van der Waals surface area contributed by atoms with Crippen LogP contribution in [-0.2, 0) is 9.47 Å². The van der Waals surface area contributed by atoms with Gasteiger partial charge in [0.25, 0.3) is 0 Å². The molecule has 0 bridgehead atoms. The molecule has 24 heavy (non-hydrogen) atoms. The summed E-state index contributed by atoms with van der Waals surface area (Å²) >= 11 is 0. The smallest absolute Gasteiger partial charge is 0.338 e. The number of carbonyl (C=O) groups is 2. The third-order valence-electron chi connectivity index (χ3n) is 3.34. The molecule has 0 atom stereocenters. The topological polar surface area (TPSA) is 52.6 Å². The van der Waals surface area contributed by atoms with Crippen LogP contribution in [0.4, 0.5) is 0 Å². The summed E-state index contributed by atoms with van der Waals surface area (Å²) < 4.78 is 10.9. The van der Waals surface area contributed by atoms with Gasteiger partial charge < -0.3 is 9.47 Å². The van der Waals surface area contributed by atoms with Gasteiger partial charge in [-0.2, -0.15) is 0 Å². The molecule has 130 valence electrons. The van der Waals surface area contributed by atoms with Gasteiger partial charge in [-0.25, -0.2) is 9.59 Å². The highest BCUT2D eigenvalue weighted by Crippen LogP contribution is 2.20. The number of rotatable bonds is 8. The van der Waals surface area contributed by atoms with Gasteiger partial charge in [-0.15, -0.1) is 13.2 Å². The predicted octanol–water partition coefficient (Wildman–Crippen LogP) is 4.71. The molecule has 0 aliphatic carbocycles. The lowest BCUT2D eigenvalue weighted by Gasteiger charge is -2.24. The van der Waals surface area contributed by atoms with E-state index in [9.17, 15) is 9.59 Å². The molecule has 4 heteroatoms. The molecule has 0 unspecified atom stereocenters. The van der Waals surface area contributed by atoms with E-state index < -0.39 is 23.1 Å². The average Bonchev–Trinajstić information content (AvgIpc) is 2.46. The fraction of sp³-hybridized carbons (Fsp3) is 0.400. The third-order valence-corrected chi connectivity index (χ3v) is 3.34. The molecule has 0 saturated heterocycles. The van der Waals surface area contributed by atoms with E-state index in [2.05, 4.69) is 13.2 Å². The van der Waals surface area contributed by atoms with Gasteiger partial charge in [-0.3, -0.25) is 0 Å². The summed E-state index contributed by atoms with van der Waals surface area (Å²) in [6, 6.07) is 6.34. The Kier molecular flexibility index (Phi) is 6.52. The van der Waals surface area contributed by atoms with Crippen LogP contribution in [0.15, 0.2) is 49.6 Å². The Morgan fingerprint density at radius 1 is 0.917 bits per heavy atom. The highest BCUT2D eigenvalue weighted by Gasteiger charge is 2.25.